The molecule has 0 saturated heterocycles. The van der Waals surface area contributed by atoms with Crippen molar-refractivity contribution in [1.82, 2.24) is 15.2 Å². The second-order valence-corrected chi connectivity index (χ2v) is 7.00. The van der Waals surface area contributed by atoms with E-state index in [0.29, 0.717) is 5.89 Å². The second-order valence-electron chi connectivity index (χ2n) is 5.67. The van der Waals surface area contributed by atoms with E-state index in [-0.39, 0.29) is 16.6 Å². The van der Waals surface area contributed by atoms with E-state index in [1.54, 1.807) is 25.1 Å². The molecule has 0 aliphatic heterocycles. The summed E-state index contributed by atoms with van der Waals surface area (Å²) in [5.74, 6) is 0.548. The van der Waals surface area contributed by atoms with Gasteiger partial charge in [-0.05, 0) is 32.0 Å². The number of halogens is 3. The molecule has 0 spiro atoms. The van der Waals surface area contributed by atoms with Crippen LogP contribution in [-0.4, -0.2) is 15.2 Å². The van der Waals surface area contributed by atoms with Gasteiger partial charge >= 0.3 is 6.18 Å². The van der Waals surface area contributed by atoms with Gasteiger partial charge in [-0.2, -0.15) is 18.4 Å². The lowest BCUT2D eigenvalue weighted by atomic mass is 10.1. The molecule has 0 fully saturated rings. The van der Waals surface area contributed by atoms with Gasteiger partial charge in [0.25, 0.3) is 0 Å². The first-order valence-electron chi connectivity index (χ1n) is 7.84. The lowest BCUT2D eigenvalue weighted by molar-refractivity contribution is -0.138. The van der Waals surface area contributed by atoms with Gasteiger partial charge in [0.1, 0.15) is 11.1 Å². The highest BCUT2D eigenvalue weighted by Gasteiger charge is 2.36. The van der Waals surface area contributed by atoms with Gasteiger partial charge in [-0.1, -0.05) is 30.0 Å². The smallest absolute Gasteiger partial charge is 0.417 e. The van der Waals surface area contributed by atoms with Crippen LogP contribution >= 0.6 is 11.8 Å². The predicted octanol–water partition coefficient (Wildman–Crippen LogP) is 5.18. The molecule has 0 radical (unpaired) electrons. The highest BCUT2D eigenvalue weighted by molar-refractivity contribution is 7.99. The largest absolute Gasteiger partial charge is 0.419 e. The van der Waals surface area contributed by atoms with Crippen molar-refractivity contribution >= 4 is 11.8 Å². The molecule has 5 nitrogen and oxygen atoms in total. The van der Waals surface area contributed by atoms with Crippen molar-refractivity contribution in [3.8, 4) is 17.5 Å². The molecule has 3 aromatic rings. The highest BCUT2D eigenvalue weighted by Crippen LogP contribution is 2.40. The minimum atomic E-state index is -4.64. The van der Waals surface area contributed by atoms with Crippen LogP contribution in [0.15, 0.2) is 45.8 Å². The Kier molecular flexibility index (Phi) is 5.19. The summed E-state index contributed by atoms with van der Waals surface area (Å²) in [6.07, 6.45) is -4.64. The van der Waals surface area contributed by atoms with Crippen LogP contribution in [0.2, 0.25) is 0 Å². The summed E-state index contributed by atoms with van der Waals surface area (Å²) < 4.78 is 45.3. The van der Waals surface area contributed by atoms with Crippen molar-refractivity contribution < 1.29 is 17.6 Å². The topological polar surface area (TPSA) is 75.6 Å². The Hall–Kier alpha value is -2.86. The second kappa shape index (κ2) is 7.40. The third-order valence-electron chi connectivity index (χ3n) is 3.63. The maximum atomic E-state index is 13.2. The minimum absolute atomic E-state index is 0.0169. The number of aromatic nitrogens is 3. The first-order chi connectivity index (χ1) is 12.8. The molecule has 0 N–H and O–H groups in total. The van der Waals surface area contributed by atoms with Crippen LogP contribution in [0.5, 0.6) is 0 Å². The average molecular weight is 390 g/mol. The molecular weight excluding hydrogens is 377 g/mol. The van der Waals surface area contributed by atoms with Gasteiger partial charge in [0.05, 0.1) is 16.4 Å². The zero-order chi connectivity index (χ0) is 19.6. The summed E-state index contributed by atoms with van der Waals surface area (Å²) in [6.45, 7) is 3.15. The monoisotopic (exact) mass is 390 g/mol. The molecule has 2 heterocycles. The summed E-state index contributed by atoms with van der Waals surface area (Å²) in [7, 11) is 0. The van der Waals surface area contributed by atoms with Crippen LogP contribution < -0.4 is 0 Å². The highest BCUT2D eigenvalue weighted by atomic mass is 32.2. The fraction of sp³-hybridized carbons (Fsp3) is 0.222. The summed E-state index contributed by atoms with van der Waals surface area (Å²) in [5, 5.41) is 16.7. The number of benzene rings is 1. The van der Waals surface area contributed by atoms with Gasteiger partial charge in [-0.3, -0.25) is 0 Å². The number of hydrogen-bond donors (Lipinski definition) is 0. The summed E-state index contributed by atoms with van der Waals surface area (Å²) >= 11 is 0.971. The Labute approximate surface area is 157 Å². The van der Waals surface area contributed by atoms with Crippen LogP contribution in [0.1, 0.15) is 34.9 Å². The Morgan fingerprint density at radius 1 is 1.19 bits per heavy atom. The van der Waals surface area contributed by atoms with E-state index in [1.165, 1.54) is 6.92 Å². The van der Waals surface area contributed by atoms with Gasteiger partial charge in [0, 0.05) is 11.3 Å². The van der Waals surface area contributed by atoms with E-state index in [2.05, 4.69) is 15.2 Å². The quantitative estimate of drug-likeness (QED) is 0.571. The molecule has 27 heavy (non-hydrogen) atoms. The van der Waals surface area contributed by atoms with Gasteiger partial charge in [0.2, 0.25) is 11.8 Å². The first kappa shape index (κ1) is 18.9. The number of alkyl halides is 3. The number of nitriles is 1. The van der Waals surface area contributed by atoms with Crippen LogP contribution in [0, 0.1) is 18.3 Å². The molecule has 2 aromatic heterocycles. The van der Waals surface area contributed by atoms with E-state index in [1.807, 2.05) is 18.2 Å². The lowest BCUT2D eigenvalue weighted by Gasteiger charge is -2.14. The number of pyridine rings is 1. The molecule has 9 heteroatoms. The van der Waals surface area contributed by atoms with Crippen molar-refractivity contribution in [2.45, 2.75) is 30.3 Å². The average Bonchev–Trinajstić information content (AvgIpc) is 3.11. The van der Waals surface area contributed by atoms with E-state index in [4.69, 9.17) is 4.42 Å². The molecule has 0 saturated carbocycles. The third kappa shape index (κ3) is 4.11. The maximum Gasteiger partial charge on any atom is 0.417 e. The van der Waals surface area contributed by atoms with E-state index < -0.39 is 22.6 Å². The van der Waals surface area contributed by atoms with Gasteiger partial charge in [-0.15, -0.1) is 10.2 Å². The molecule has 1 aromatic carbocycles. The van der Waals surface area contributed by atoms with Crippen molar-refractivity contribution in [3.63, 3.8) is 0 Å². The molecule has 3 rings (SSSR count). The maximum absolute atomic E-state index is 13.2. The SMILES string of the molecule is Cc1cc(C(F)(F)F)c(C#N)c(SC(C)c2nnc(-c3ccccc3)o2)n1. The van der Waals surface area contributed by atoms with Crippen LogP contribution in [-0.2, 0) is 6.18 Å². The molecule has 1 unspecified atom stereocenters. The van der Waals surface area contributed by atoms with Crippen LogP contribution in [0.4, 0.5) is 13.2 Å². The molecular formula is C18H13F3N4OS. The van der Waals surface area contributed by atoms with Gasteiger partial charge in [-0.25, -0.2) is 4.98 Å². The molecule has 0 amide bonds. The zero-order valence-corrected chi connectivity index (χ0v) is 15.1. The Morgan fingerprint density at radius 3 is 2.52 bits per heavy atom. The number of hydrogen-bond acceptors (Lipinski definition) is 6. The number of nitrogens with zero attached hydrogens (tertiary/aromatic N) is 4. The van der Waals surface area contributed by atoms with Gasteiger partial charge < -0.3 is 4.42 Å². The Bertz CT molecular complexity index is 996. The fourth-order valence-corrected chi connectivity index (χ4v) is 3.38. The van der Waals surface area contributed by atoms with Crippen LogP contribution in [0.3, 0.4) is 0 Å². The van der Waals surface area contributed by atoms with E-state index in [9.17, 15) is 18.4 Å². The normalized spacial score (nSPS) is 12.6. The summed E-state index contributed by atoms with van der Waals surface area (Å²) in [6, 6.07) is 11.6. The van der Waals surface area contributed by atoms with Crippen molar-refractivity contribution in [1.29, 1.82) is 5.26 Å². The molecule has 138 valence electrons. The van der Waals surface area contributed by atoms with Crippen molar-refractivity contribution in [2.75, 3.05) is 0 Å². The minimum Gasteiger partial charge on any atom is -0.419 e. The Balaban J connectivity index is 1.91. The summed E-state index contributed by atoms with van der Waals surface area (Å²) in [5.41, 5.74) is -0.596. The number of rotatable bonds is 4. The van der Waals surface area contributed by atoms with Crippen LogP contribution in [0.25, 0.3) is 11.5 Å². The van der Waals surface area contributed by atoms with E-state index in [0.717, 1.165) is 23.4 Å². The number of thioether (sulfide) groups is 1. The fourth-order valence-electron chi connectivity index (χ4n) is 2.38. The zero-order valence-electron chi connectivity index (χ0n) is 14.3. The molecule has 0 bridgehead atoms. The molecule has 0 aliphatic carbocycles. The van der Waals surface area contributed by atoms with Crippen molar-refractivity contribution in [2.24, 2.45) is 0 Å². The van der Waals surface area contributed by atoms with Crippen molar-refractivity contribution in [3.05, 3.63) is 59.1 Å². The van der Waals surface area contributed by atoms with Gasteiger partial charge in [0.15, 0.2) is 0 Å². The lowest BCUT2D eigenvalue weighted by Crippen LogP contribution is -2.11. The number of aryl methyl sites for hydroxylation is 1. The third-order valence-corrected chi connectivity index (χ3v) is 4.70. The standard InChI is InChI=1S/C18H13F3N4OS/c1-10-8-14(18(19,20)21)13(9-22)17(23-10)27-11(2)15-24-25-16(26-15)12-6-4-3-5-7-12/h3-8,11H,1-2H3. The first-order valence-corrected chi connectivity index (χ1v) is 8.72. The predicted molar refractivity (Wildman–Crippen MR) is 92.7 cm³/mol. The summed E-state index contributed by atoms with van der Waals surface area (Å²) in [4.78, 5) is 4.10. The van der Waals surface area contributed by atoms with E-state index >= 15 is 0 Å². The Morgan fingerprint density at radius 2 is 1.89 bits per heavy atom. The molecule has 1 atom stereocenters. The molecule has 0 aliphatic rings.